The first-order chi connectivity index (χ1) is 16.6. The maximum Gasteiger partial charge on any atom is 0.295 e. The van der Waals surface area contributed by atoms with Crippen molar-refractivity contribution in [3.05, 3.63) is 70.8 Å². The predicted molar refractivity (Wildman–Crippen MR) is 140 cm³/mol. The highest BCUT2D eigenvalue weighted by Gasteiger charge is 2.46. The van der Waals surface area contributed by atoms with Gasteiger partial charge in [0.1, 0.15) is 11.5 Å². The molecule has 3 rings (SSSR count). The Morgan fingerprint density at radius 2 is 1.57 bits per heavy atom. The summed E-state index contributed by atoms with van der Waals surface area (Å²) in [6, 6.07) is 14.3. The molecule has 2 aromatic carbocycles. The number of nitrogens with zero attached hydrogens (tertiary/aromatic N) is 2. The normalized spacial score (nSPS) is 17.9. The molecule has 1 aliphatic rings. The number of aliphatic hydroxyl groups excluding tert-OH is 1. The summed E-state index contributed by atoms with van der Waals surface area (Å²) in [5.74, 6) is -0.713. The van der Waals surface area contributed by atoms with Crippen LogP contribution in [-0.2, 0) is 15.0 Å². The Labute approximate surface area is 209 Å². The highest BCUT2D eigenvalue weighted by Crippen LogP contribution is 2.40. The van der Waals surface area contributed by atoms with Gasteiger partial charge < -0.3 is 19.6 Å². The van der Waals surface area contributed by atoms with E-state index in [4.69, 9.17) is 4.74 Å². The van der Waals surface area contributed by atoms with Crippen LogP contribution in [-0.4, -0.2) is 59.4 Å². The number of likely N-dealkylation sites (tertiary alicyclic amines) is 1. The van der Waals surface area contributed by atoms with Crippen LogP contribution in [0.5, 0.6) is 5.75 Å². The van der Waals surface area contributed by atoms with Gasteiger partial charge in [-0.15, -0.1) is 0 Å². The Kier molecular flexibility index (Phi) is 8.39. The number of carbonyl (C=O) groups excluding carboxylic acids is 2. The average molecular weight is 479 g/mol. The number of amides is 1. The Balaban J connectivity index is 2.08. The minimum absolute atomic E-state index is 0.0224. The predicted octanol–water partition coefficient (Wildman–Crippen LogP) is 5.15. The minimum Gasteiger partial charge on any atom is -0.507 e. The zero-order chi connectivity index (χ0) is 25.8. The highest BCUT2D eigenvalue weighted by atomic mass is 16.5. The molecule has 0 bridgehead atoms. The van der Waals surface area contributed by atoms with Gasteiger partial charge in [-0.1, -0.05) is 58.9 Å². The number of hydrogen-bond donors (Lipinski definition) is 1. The lowest BCUT2D eigenvalue weighted by Crippen LogP contribution is -2.38. The lowest BCUT2D eigenvalue weighted by Gasteiger charge is -2.28. The van der Waals surface area contributed by atoms with Gasteiger partial charge in [0, 0.05) is 18.7 Å². The van der Waals surface area contributed by atoms with Gasteiger partial charge in [-0.05, 0) is 60.8 Å². The summed E-state index contributed by atoms with van der Waals surface area (Å²) in [4.78, 5) is 30.2. The summed E-state index contributed by atoms with van der Waals surface area (Å²) in [6.07, 6.45) is 0. The van der Waals surface area contributed by atoms with Gasteiger partial charge in [0.05, 0.1) is 18.2 Å². The third kappa shape index (κ3) is 5.76. The van der Waals surface area contributed by atoms with E-state index in [1.54, 1.807) is 29.2 Å². The van der Waals surface area contributed by atoms with E-state index < -0.39 is 17.7 Å². The first-order valence-corrected chi connectivity index (χ1v) is 12.5. The van der Waals surface area contributed by atoms with Gasteiger partial charge in [0.15, 0.2) is 0 Å². The van der Waals surface area contributed by atoms with E-state index in [1.165, 1.54) is 0 Å². The largest absolute Gasteiger partial charge is 0.507 e. The van der Waals surface area contributed by atoms with Crippen molar-refractivity contribution in [3.63, 3.8) is 0 Å². The van der Waals surface area contributed by atoms with Crippen LogP contribution in [0.2, 0.25) is 0 Å². The van der Waals surface area contributed by atoms with E-state index in [2.05, 4.69) is 39.5 Å². The molecule has 0 aromatic heterocycles. The van der Waals surface area contributed by atoms with Gasteiger partial charge in [0.25, 0.3) is 11.7 Å². The van der Waals surface area contributed by atoms with E-state index in [-0.39, 0.29) is 16.7 Å². The molecule has 1 saturated heterocycles. The average Bonchev–Trinajstić information content (AvgIpc) is 3.09. The van der Waals surface area contributed by atoms with Crippen molar-refractivity contribution < 1.29 is 19.4 Å². The molecule has 1 aliphatic heterocycles. The van der Waals surface area contributed by atoms with Crippen LogP contribution in [0.1, 0.15) is 64.3 Å². The minimum atomic E-state index is -0.652. The number of ether oxygens (including phenoxy) is 1. The number of benzene rings is 2. The Bertz CT molecular complexity index is 1060. The number of carbonyl (C=O) groups is 2. The molecule has 35 heavy (non-hydrogen) atoms. The second-order valence-electron chi connectivity index (χ2n) is 9.85. The fourth-order valence-corrected chi connectivity index (χ4v) is 4.44. The highest BCUT2D eigenvalue weighted by molar-refractivity contribution is 6.46. The van der Waals surface area contributed by atoms with Crippen LogP contribution >= 0.6 is 0 Å². The fourth-order valence-electron chi connectivity index (χ4n) is 4.44. The molecular formula is C29H38N2O4. The second kappa shape index (κ2) is 11.1. The summed E-state index contributed by atoms with van der Waals surface area (Å²) in [6.45, 7) is 15.8. The number of Topliss-reactive ketones (excluding diaryl/α,β-unsaturated/α-hetero) is 1. The maximum atomic E-state index is 13.2. The van der Waals surface area contributed by atoms with Crippen LogP contribution < -0.4 is 4.74 Å². The zero-order valence-electron chi connectivity index (χ0n) is 21.8. The molecule has 0 unspecified atom stereocenters. The summed E-state index contributed by atoms with van der Waals surface area (Å²) < 4.78 is 5.49. The molecule has 0 aliphatic carbocycles. The van der Waals surface area contributed by atoms with Crippen molar-refractivity contribution in [3.8, 4) is 5.75 Å². The SMILES string of the molecule is CCOc1ccc(/C(O)=C2\C(=O)C(=O)N(CCN(CC)CC)[C@@H]2c2ccc(C(C)(C)C)cc2)cc1. The fraction of sp³-hybridized carbons (Fsp3) is 0.448. The number of rotatable bonds is 9. The van der Waals surface area contributed by atoms with Crippen LogP contribution in [0.25, 0.3) is 5.76 Å². The molecule has 6 nitrogen and oxygen atoms in total. The maximum absolute atomic E-state index is 13.2. The smallest absolute Gasteiger partial charge is 0.295 e. The molecule has 1 atom stereocenters. The first kappa shape index (κ1) is 26.5. The van der Waals surface area contributed by atoms with Crippen LogP contribution in [0.4, 0.5) is 0 Å². The van der Waals surface area contributed by atoms with Gasteiger partial charge in [0.2, 0.25) is 0 Å². The first-order valence-electron chi connectivity index (χ1n) is 12.5. The van der Waals surface area contributed by atoms with Crippen molar-refractivity contribution in [1.82, 2.24) is 9.80 Å². The summed E-state index contributed by atoms with van der Waals surface area (Å²) >= 11 is 0. The van der Waals surface area contributed by atoms with E-state index >= 15 is 0 Å². The molecule has 1 amide bonds. The van der Waals surface area contributed by atoms with Gasteiger partial charge >= 0.3 is 0 Å². The van der Waals surface area contributed by atoms with Crippen molar-refractivity contribution >= 4 is 17.4 Å². The van der Waals surface area contributed by atoms with Gasteiger partial charge in [-0.3, -0.25) is 9.59 Å². The molecule has 0 radical (unpaired) electrons. The van der Waals surface area contributed by atoms with Crippen molar-refractivity contribution in [2.75, 3.05) is 32.8 Å². The molecule has 1 fully saturated rings. The lowest BCUT2D eigenvalue weighted by molar-refractivity contribution is -0.140. The van der Waals surface area contributed by atoms with Crippen molar-refractivity contribution in [2.45, 2.75) is 53.0 Å². The molecule has 2 aromatic rings. The van der Waals surface area contributed by atoms with E-state index in [9.17, 15) is 14.7 Å². The van der Waals surface area contributed by atoms with E-state index in [0.29, 0.717) is 31.0 Å². The van der Waals surface area contributed by atoms with Crippen molar-refractivity contribution in [1.29, 1.82) is 0 Å². The van der Waals surface area contributed by atoms with Crippen molar-refractivity contribution in [2.24, 2.45) is 0 Å². The lowest BCUT2D eigenvalue weighted by atomic mass is 9.85. The molecule has 188 valence electrons. The summed E-state index contributed by atoms with van der Waals surface area (Å²) in [7, 11) is 0. The third-order valence-corrected chi connectivity index (χ3v) is 6.62. The number of aliphatic hydroxyl groups is 1. The molecule has 6 heteroatoms. The summed E-state index contributed by atoms with van der Waals surface area (Å²) in [5.41, 5.74) is 2.55. The Hall–Kier alpha value is -3.12. The molecule has 1 heterocycles. The van der Waals surface area contributed by atoms with E-state index in [0.717, 1.165) is 24.2 Å². The van der Waals surface area contributed by atoms with Crippen LogP contribution in [0.15, 0.2) is 54.1 Å². The molecule has 1 N–H and O–H groups in total. The van der Waals surface area contributed by atoms with E-state index in [1.807, 2.05) is 31.2 Å². The number of ketones is 1. The zero-order valence-corrected chi connectivity index (χ0v) is 21.8. The third-order valence-electron chi connectivity index (χ3n) is 6.62. The molecule has 0 saturated carbocycles. The standard InChI is InChI=1S/C29H38N2O4/c1-7-30(8-2)18-19-31-25(20-10-14-22(15-11-20)29(4,5)6)24(27(33)28(31)34)26(32)21-12-16-23(17-13-21)35-9-3/h10-17,25,32H,7-9,18-19H2,1-6H3/b26-24+/t25-/m1/s1. The number of hydrogen-bond acceptors (Lipinski definition) is 5. The second-order valence-corrected chi connectivity index (χ2v) is 9.85. The topological polar surface area (TPSA) is 70.1 Å². The summed E-state index contributed by atoms with van der Waals surface area (Å²) in [5, 5.41) is 11.3. The van der Waals surface area contributed by atoms with Crippen LogP contribution in [0, 0.1) is 0 Å². The van der Waals surface area contributed by atoms with Gasteiger partial charge in [-0.2, -0.15) is 0 Å². The molecular weight excluding hydrogens is 440 g/mol. The quantitative estimate of drug-likeness (QED) is 0.307. The monoisotopic (exact) mass is 478 g/mol. The Morgan fingerprint density at radius 3 is 2.09 bits per heavy atom. The Morgan fingerprint density at radius 1 is 0.971 bits per heavy atom. The molecule has 0 spiro atoms. The van der Waals surface area contributed by atoms with Gasteiger partial charge in [-0.25, -0.2) is 0 Å². The number of likely N-dealkylation sites (N-methyl/N-ethyl adjacent to an activating group) is 1. The van der Waals surface area contributed by atoms with Crippen LogP contribution in [0.3, 0.4) is 0 Å².